The van der Waals surface area contributed by atoms with Gasteiger partial charge < -0.3 is 10.2 Å². The predicted octanol–water partition coefficient (Wildman–Crippen LogP) is 1.41. The van der Waals surface area contributed by atoms with Crippen molar-refractivity contribution in [1.82, 2.24) is 10.2 Å². The maximum absolute atomic E-state index is 11.1. The zero-order chi connectivity index (χ0) is 10.8. The average Bonchev–Trinajstić information content (AvgIpc) is 2.16. The van der Waals surface area contributed by atoms with E-state index < -0.39 is 0 Å². The van der Waals surface area contributed by atoms with Crippen molar-refractivity contribution < 1.29 is 4.79 Å². The molecule has 82 valence electrons. The van der Waals surface area contributed by atoms with E-state index in [0.29, 0.717) is 6.54 Å². The second kappa shape index (κ2) is 8.75. The minimum atomic E-state index is 0.135. The highest BCUT2D eigenvalue weighted by atomic mass is 16.2. The number of hydrogen-bond donors (Lipinski definition) is 1. The van der Waals surface area contributed by atoms with Crippen LogP contribution in [0.1, 0.15) is 25.7 Å². The molecule has 1 amide bonds. The van der Waals surface area contributed by atoms with E-state index in [2.05, 4.69) is 11.9 Å². The Labute approximate surface area is 87.2 Å². The van der Waals surface area contributed by atoms with Crippen LogP contribution in [0, 0.1) is 0 Å². The quantitative estimate of drug-likeness (QED) is 0.472. The molecule has 0 atom stereocenters. The molecule has 1 N–H and O–H groups in total. The first-order valence-corrected chi connectivity index (χ1v) is 5.20. The highest BCUT2D eigenvalue weighted by Crippen LogP contribution is 1.98. The van der Waals surface area contributed by atoms with Crippen LogP contribution in [0.3, 0.4) is 0 Å². The van der Waals surface area contributed by atoms with E-state index in [1.165, 1.54) is 12.8 Å². The molecule has 0 aliphatic heterocycles. The third-order valence-corrected chi connectivity index (χ3v) is 2.04. The number of nitrogens with one attached hydrogen (secondary N) is 1. The molecule has 0 aliphatic carbocycles. The first kappa shape index (κ1) is 13.2. The molecule has 0 radical (unpaired) electrons. The van der Waals surface area contributed by atoms with Gasteiger partial charge in [0.1, 0.15) is 0 Å². The Morgan fingerprint density at radius 3 is 2.64 bits per heavy atom. The van der Waals surface area contributed by atoms with Crippen LogP contribution >= 0.6 is 0 Å². The van der Waals surface area contributed by atoms with Crippen molar-refractivity contribution in [2.75, 3.05) is 27.2 Å². The topological polar surface area (TPSA) is 32.3 Å². The Kier molecular flexibility index (Phi) is 8.24. The zero-order valence-corrected chi connectivity index (χ0v) is 9.38. The van der Waals surface area contributed by atoms with Crippen molar-refractivity contribution in [2.45, 2.75) is 25.7 Å². The first-order chi connectivity index (χ1) is 6.68. The summed E-state index contributed by atoms with van der Waals surface area (Å²) in [6, 6.07) is 0. The van der Waals surface area contributed by atoms with Crippen LogP contribution < -0.4 is 5.32 Å². The lowest BCUT2D eigenvalue weighted by Crippen LogP contribution is -2.33. The van der Waals surface area contributed by atoms with Gasteiger partial charge in [-0.25, -0.2) is 0 Å². The molecule has 0 heterocycles. The van der Waals surface area contributed by atoms with E-state index in [0.717, 1.165) is 19.4 Å². The van der Waals surface area contributed by atoms with Gasteiger partial charge in [-0.15, -0.1) is 6.58 Å². The van der Waals surface area contributed by atoms with Crippen molar-refractivity contribution >= 4 is 5.91 Å². The van der Waals surface area contributed by atoms with Crippen molar-refractivity contribution in [1.29, 1.82) is 0 Å². The maximum Gasteiger partial charge on any atom is 0.236 e. The van der Waals surface area contributed by atoms with Crippen LogP contribution in [0.2, 0.25) is 0 Å². The molecule has 0 aliphatic rings. The van der Waals surface area contributed by atoms with E-state index >= 15 is 0 Å². The lowest BCUT2D eigenvalue weighted by atomic mass is 10.2. The Morgan fingerprint density at radius 2 is 2.07 bits per heavy atom. The summed E-state index contributed by atoms with van der Waals surface area (Å²) in [5.41, 5.74) is 0. The van der Waals surface area contributed by atoms with Crippen molar-refractivity contribution in [3.8, 4) is 0 Å². The highest BCUT2D eigenvalue weighted by Gasteiger charge is 2.01. The van der Waals surface area contributed by atoms with Gasteiger partial charge in [0.25, 0.3) is 0 Å². The molecule has 3 nitrogen and oxygen atoms in total. The van der Waals surface area contributed by atoms with Crippen LogP contribution in [0.15, 0.2) is 12.7 Å². The Balaban J connectivity index is 3.13. The summed E-state index contributed by atoms with van der Waals surface area (Å²) in [4.78, 5) is 12.7. The second-order valence-corrected chi connectivity index (χ2v) is 3.60. The standard InChI is InChI=1S/C11H22N2O/c1-4-5-6-7-8-9-12-10-11(14)13(2)3/h4,12H,1,5-10H2,2-3H3. The second-order valence-electron chi connectivity index (χ2n) is 3.60. The lowest BCUT2D eigenvalue weighted by molar-refractivity contribution is -0.127. The third-order valence-electron chi connectivity index (χ3n) is 2.04. The Morgan fingerprint density at radius 1 is 1.36 bits per heavy atom. The lowest BCUT2D eigenvalue weighted by Gasteiger charge is -2.10. The molecule has 0 aromatic heterocycles. The molecule has 0 saturated carbocycles. The first-order valence-electron chi connectivity index (χ1n) is 5.20. The summed E-state index contributed by atoms with van der Waals surface area (Å²) in [6.07, 6.45) is 6.58. The summed E-state index contributed by atoms with van der Waals surface area (Å²) >= 11 is 0. The van der Waals surface area contributed by atoms with Gasteiger partial charge in [-0.05, 0) is 25.8 Å². The fourth-order valence-corrected chi connectivity index (χ4v) is 1.07. The predicted molar refractivity (Wildman–Crippen MR) is 60.2 cm³/mol. The number of nitrogens with zero attached hydrogens (tertiary/aromatic N) is 1. The molecule has 14 heavy (non-hydrogen) atoms. The largest absolute Gasteiger partial charge is 0.348 e. The molecule has 0 bridgehead atoms. The van der Waals surface area contributed by atoms with Crippen LogP contribution in [-0.4, -0.2) is 38.0 Å². The van der Waals surface area contributed by atoms with E-state index in [4.69, 9.17) is 0 Å². The molecule has 0 saturated heterocycles. The Hall–Kier alpha value is -0.830. The maximum atomic E-state index is 11.1. The number of rotatable bonds is 8. The number of unbranched alkanes of at least 4 members (excludes halogenated alkanes) is 3. The smallest absolute Gasteiger partial charge is 0.236 e. The number of hydrogen-bond acceptors (Lipinski definition) is 2. The molecular weight excluding hydrogens is 176 g/mol. The molecule has 3 heteroatoms. The molecule has 0 unspecified atom stereocenters. The van der Waals surface area contributed by atoms with E-state index in [1.54, 1.807) is 19.0 Å². The number of amides is 1. The average molecular weight is 198 g/mol. The minimum Gasteiger partial charge on any atom is -0.348 e. The highest BCUT2D eigenvalue weighted by molar-refractivity contribution is 5.77. The van der Waals surface area contributed by atoms with Crippen LogP contribution in [0.5, 0.6) is 0 Å². The zero-order valence-electron chi connectivity index (χ0n) is 9.38. The van der Waals surface area contributed by atoms with E-state index in [9.17, 15) is 4.79 Å². The van der Waals surface area contributed by atoms with Gasteiger partial charge in [0.15, 0.2) is 0 Å². The summed E-state index contributed by atoms with van der Waals surface area (Å²) in [5.74, 6) is 0.135. The number of carbonyl (C=O) groups excluding carboxylic acids is 1. The van der Waals surface area contributed by atoms with E-state index in [-0.39, 0.29) is 5.91 Å². The number of carbonyl (C=O) groups is 1. The minimum absolute atomic E-state index is 0.135. The van der Waals surface area contributed by atoms with Gasteiger partial charge in [-0.2, -0.15) is 0 Å². The van der Waals surface area contributed by atoms with Gasteiger partial charge >= 0.3 is 0 Å². The summed E-state index contributed by atoms with van der Waals surface area (Å²) in [7, 11) is 3.54. The fraction of sp³-hybridized carbons (Fsp3) is 0.727. The monoisotopic (exact) mass is 198 g/mol. The normalized spacial score (nSPS) is 9.86. The van der Waals surface area contributed by atoms with Crippen molar-refractivity contribution in [3.63, 3.8) is 0 Å². The number of allylic oxidation sites excluding steroid dienone is 1. The molecule has 0 rings (SSSR count). The summed E-state index contributed by atoms with van der Waals surface area (Å²) < 4.78 is 0. The number of likely N-dealkylation sites (N-methyl/N-ethyl adjacent to an activating group) is 1. The fourth-order valence-electron chi connectivity index (χ4n) is 1.07. The van der Waals surface area contributed by atoms with Crippen LogP contribution in [0.4, 0.5) is 0 Å². The van der Waals surface area contributed by atoms with Gasteiger partial charge in [0.05, 0.1) is 6.54 Å². The van der Waals surface area contributed by atoms with E-state index in [1.807, 2.05) is 6.08 Å². The Bertz CT molecular complexity index is 167. The molecule has 0 spiro atoms. The van der Waals surface area contributed by atoms with Gasteiger partial charge in [0, 0.05) is 14.1 Å². The third kappa shape index (κ3) is 7.80. The van der Waals surface area contributed by atoms with Crippen LogP contribution in [0.25, 0.3) is 0 Å². The molecule has 0 aromatic rings. The molecular formula is C11H22N2O. The van der Waals surface area contributed by atoms with Gasteiger partial charge in [-0.1, -0.05) is 12.5 Å². The van der Waals surface area contributed by atoms with Crippen molar-refractivity contribution in [2.24, 2.45) is 0 Å². The SMILES string of the molecule is C=CCCCCCNCC(=O)N(C)C. The molecule has 0 fully saturated rings. The van der Waals surface area contributed by atoms with Gasteiger partial charge in [-0.3, -0.25) is 4.79 Å². The molecule has 0 aromatic carbocycles. The summed E-state index contributed by atoms with van der Waals surface area (Å²) in [6.45, 7) is 5.05. The summed E-state index contributed by atoms with van der Waals surface area (Å²) in [5, 5.41) is 3.13. The van der Waals surface area contributed by atoms with Crippen molar-refractivity contribution in [3.05, 3.63) is 12.7 Å². The van der Waals surface area contributed by atoms with Crippen LogP contribution in [-0.2, 0) is 4.79 Å². The van der Waals surface area contributed by atoms with Gasteiger partial charge in [0.2, 0.25) is 5.91 Å².